The summed E-state index contributed by atoms with van der Waals surface area (Å²) in [4.78, 5) is 11.8. The van der Waals surface area contributed by atoms with Gasteiger partial charge in [0.05, 0.1) is 0 Å². The number of thioether (sulfide) groups is 1. The summed E-state index contributed by atoms with van der Waals surface area (Å²) < 4.78 is 0. The van der Waals surface area contributed by atoms with Gasteiger partial charge < -0.3 is 5.32 Å². The maximum absolute atomic E-state index is 11.8. The highest BCUT2D eigenvalue weighted by Crippen LogP contribution is 2.63. The van der Waals surface area contributed by atoms with Crippen LogP contribution in [0.4, 0.5) is 0 Å². The quantitative estimate of drug-likeness (QED) is 0.865. The van der Waals surface area contributed by atoms with Crippen LogP contribution in [0.25, 0.3) is 0 Å². The zero-order valence-corrected chi connectivity index (χ0v) is 12.8. The molecule has 0 radical (unpaired) electrons. The van der Waals surface area contributed by atoms with Gasteiger partial charge in [-0.2, -0.15) is 11.8 Å². The van der Waals surface area contributed by atoms with Gasteiger partial charge in [-0.25, -0.2) is 0 Å². The van der Waals surface area contributed by atoms with Crippen molar-refractivity contribution < 1.29 is 4.79 Å². The molecule has 1 N–H and O–H groups in total. The van der Waals surface area contributed by atoms with Crippen molar-refractivity contribution in [3.05, 3.63) is 35.9 Å². The van der Waals surface area contributed by atoms with Crippen LogP contribution in [-0.4, -0.2) is 24.5 Å². The standard InChI is InChI=1S/C16H23NOS/c1-15(2)11-16(15,13-7-5-4-6-8-13)12-17-14(18)9-10-19-3/h4-8H,9-12H2,1-3H3,(H,17,18)/t16-/m1/s1. The number of benzene rings is 1. The van der Waals surface area contributed by atoms with E-state index in [1.54, 1.807) is 11.8 Å². The van der Waals surface area contributed by atoms with Crippen LogP contribution in [0.3, 0.4) is 0 Å². The number of carbonyl (C=O) groups excluding carboxylic acids is 1. The summed E-state index contributed by atoms with van der Waals surface area (Å²) in [6, 6.07) is 10.6. The molecule has 0 saturated heterocycles. The number of hydrogen-bond donors (Lipinski definition) is 1. The Balaban J connectivity index is 2.01. The number of nitrogens with one attached hydrogen (secondary N) is 1. The second kappa shape index (κ2) is 5.58. The van der Waals surface area contributed by atoms with E-state index in [2.05, 4.69) is 43.4 Å². The minimum Gasteiger partial charge on any atom is -0.355 e. The third-order valence-corrected chi connectivity index (χ3v) is 4.97. The minimum atomic E-state index is 0.128. The van der Waals surface area contributed by atoms with Gasteiger partial charge in [-0.3, -0.25) is 4.79 Å². The lowest BCUT2D eigenvalue weighted by molar-refractivity contribution is -0.120. The zero-order valence-electron chi connectivity index (χ0n) is 12.0. The number of rotatable bonds is 6. The molecule has 0 spiro atoms. The molecule has 19 heavy (non-hydrogen) atoms. The first-order valence-electron chi connectivity index (χ1n) is 6.83. The first kappa shape index (κ1) is 14.4. The second-order valence-corrected chi connectivity index (χ2v) is 7.01. The molecule has 2 nitrogen and oxygen atoms in total. The van der Waals surface area contributed by atoms with E-state index in [1.807, 2.05) is 12.3 Å². The Morgan fingerprint density at radius 1 is 1.32 bits per heavy atom. The SMILES string of the molecule is CSCCC(=O)NC[C@@]1(c2ccccc2)CC1(C)C. The van der Waals surface area contributed by atoms with Gasteiger partial charge in [-0.05, 0) is 23.7 Å². The van der Waals surface area contributed by atoms with Crippen molar-refractivity contribution in [2.24, 2.45) is 5.41 Å². The largest absolute Gasteiger partial charge is 0.355 e. The lowest BCUT2D eigenvalue weighted by atomic mass is 9.88. The Labute approximate surface area is 120 Å². The van der Waals surface area contributed by atoms with Gasteiger partial charge in [0.15, 0.2) is 0 Å². The highest BCUT2D eigenvalue weighted by molar-refractivity contribution is 7.98. The van der Waals surface area contributed by atoms with E-state index in [0.29, 0.717) is 6.42 Å². The van der Waals surface area contributed by atoms with Crippen LogP contribution in [-0.2, 0) is 10.2 Å². The van der Waals surface area contributed by atoms with Crippen molar-refractivity contribution in [1.82, 2.24) is 5.32 Å². The van der Waals surface area contributed by atoms with Gasteiger partial charge in [-0.1, -0.05) is 44.2 Å². The molecule has 1 atom stereocenters. The van der Waals surface area contributed by atoms with Gasteiger partial charge in [-0.15, -0.1) is 0 Å². The molecule has 0 unspecified atom stereocenters. The molecule has 0 bridgehead atoms. The fourth-order valence-electron chi connectivity index (χ4n) is 2.90. The van der Waals surface area contributed by atoms with Crippen molar-refractivity contribution >= 4 is 17.7 Å². The molecule has 3 heteroatoms. The summed E-state index contributed by atoms with van der Waals surface area (Å²) in [6.45, 7) is 5.33. The average Bonchev–Trinajstić information content (AvgIpc) is 2.98. The molecule has 1 aromatic carbocycles. The van der Waals surface area contributed by atoms with Gasteiger partial charge in [0.25, 0.3) is 0 Å². The molecule has 0 aromatic heterocycles. The summed E-state index contributed by atoms with van der Waals surface area (Å²) >= 11 is 1.71. The molecule has 1 aliphatic rings. The number of hydrogen-bond acceptors (Lipinski definition) is 2. The van der Waals surface area contributed by atoms with Gasteiger partial charge in [0, 0.05) is 24.1 Å². The smallest absolute Gasteiger partial charge is 0.220 e. The second-order valence-electron chi connectivity index (χ2n) is 6.03. The predicted octanol–water partition coefficient (Wildman–Crippen LogP) is 3.22. The Morgan fingerprint density at radius 2 is 1.95 bits per heavy atom. The number of amides is 1. The molecular formula is C16H23NOS. The van der Waals surface area contributed by atoms with Crippen molar-refractivity contribution in [1.29, 1.82) is 0 Å². The topological polar surface area (TPSA) is 29.1 Å². The molecule has 1 amide bonds. The van der Waals surface area contributed by atoms with Crippen molar-refractivity contribution in [3.8, 4) is 0 Å². The van der Waals surface area contributed by atoms with Crippen LogP contribution in [0.2, 0.25) is 0 Å². The van der Waals surface area contributed by atoms with E-state index >= 15 is 0 Å². The molecule has 104 valence electrons. The van der Waals surface area contributed by atoms with Crippen molar-refractivity contribution in [2.75, 3.05) is 18.6 Å². The first-order valence-corrected chi connectivity index (χ1v) is 8.22. The lowest BCUT2D eigenvalue weighted by Crippen LogP contribution is -2.34. The van der Waals surface area contributed by atoms with E-state index in [1.165, 1.54) is 5.56 Å². The maximum atomic E-state index is 11.8. The van der Waals surface area contributed by atoms with E-state index in [-0.39, 0.29) is 16.7 Å². The Morgan fingerprint density at radius 3 is 2.47 bits per heavy atom. The normalized spacial score (nSPS) is 23.9. The predicted molar refractivity (Wildman–Crippen MR) is 82.5 cm³/mol. The summed E-state index contributed by atoms with van der Waals surface area (Å²) in [6.07, 6.45) is 3.79. The number of carbonyl (C=O) groups is 1. The van der Waals surface area contributed by atoms with E-state index in [4.69, 9.17) is 0 Å². The third-order valence-electron chi connectivity index (χ3n) is 4.36. The Kier molecular flexibility index (Phi) is 4.24. The Bertz CT molecular complexity index is 443. The molecule has 2 rings (SSSR count). The molecule has 1 saturated carbocycles. The molecule has 0 aliphatic heterocycles. The molecule has 1 aliphatic carbocycles. The van der Waals surface area contributed by atoms with Crippen LogP contribution < -0.4 is 5.32 Å². The van der Waals surface area contributed by atoms with Crippen LogP contribution in [0.15, 0.2) is 30.3 Å². The average molecular weight is 277 g/mol. The van der Waals surface area contributed by atoms with Crippen molar-refractivity contribution in [2.45, 2.75) is 32.1 Å². The summed E-state index contributed by atoms with van der Waals surface area (Å²) in [5, 5.41) is 3.12. The monoisotopic (exact) mass is 277 g/mol. The molecule has 1 fully saturated rings. The minimum absolute atomic E-state index is 0.128. The van der Waals surface area contributed by atoms with Crippen molar-refractivity contribution in [3.63, 3.8) is 0 Å². The Hall–Kier alpha value is -0.960. The van der Waals surface area contributed by atoms with Crippen LogP contribution in [0, 0.1) is 5.41 Å². The highest BCUT2D eigenvalue weighted by atomic mass is 32.2. The third kappa shape index (κ3) is 2.97. The van der Waals surface area contributed by atoms with Gasteiger partial charge in [0.2, 0.25) is 5.91 Å². The first-order chi connectivity index (χ1) is 9.02. The van der Waals surface area contributed by atoms with E-state index < -0.39 is 0 Å². The van der Waals surface area contributed by atoms with Crippen LogP contribution in [0.5, 0.6) is 0 Å². The summed E-state index contributed by atoms with van der Waals surface area (Å²) in [5.74, 6) is 1.07. The molecule has 0 heterocycles. The van der Waals surface area contributed by atoms with Crippen LogP contribution >= 0.6 is 11.8 Å². The van der Waals surface area contributed by atoms with Gasteiger partial charge >= 0.3 is 0 Å². The molecular weight excluding hydrogens is 254 g/mol. The zero-order chi connectivity index (χ0) is 13.9. The summed E-state index contributed by atoms with van der Waals surface area (Å²) in [7, 11) is 0. The fraction of sp³-hybridized carbons (Fsp3) is 0.562. The van der Waals surface area contributed by atoms with E-state index in [0.717, 1.165) is 18.7 Å². The molecule has 1 aromatic rings. The lowest BCUT2D eigenvalue weighted by Gasteiger charge is -2.22. The van der Waals surface area contributed by atoms with Gasteiger partial charge in [0.1, 0.15) is 0 Å². The fourth-order valence-corrected chi connectivity index (χ4v) is 3.29. The highest BCUT2D eigenvalue weighted by Gasteiger charge is 2.61. The van der Waals surface area contributed by atoms with Crippen LogP contribution in [0.1, 0.15) is 32.3 Å². The van der Waals surface area contributed by atoms with E-state index in [9.17, 15) is 4.79 Å². The summed E-state index contributed by atoms with van der Waals surface area (Å²) in [5.41, 5.74) is 1.76. The maximum Gasteiger partial charge on any atom is 0.220 e.